The molecule has 1 N–H and O–H groups in total. The number of benzene rings is 1. The molecule has 2 aromatic heterocycles. The molecule has 0 atom stereocenters. The molecule has 126 valence electrons. The van der Waals surface area contributed by atoms with Gasteiger partial charge in [0.2, 0.25) is 5.89 Å². The third kappa shape index (κ3) is 4.53. The van der Waals surface area contributed by atoms with Crippen molar-refractivity contribution in [1.82, 2.24) is 19.7 Å². The Hall–Kier alpha value is -2.44. The molecule has 24 heavy (non-hydrogen) atoms. The molecule has 3 rings (SSSR count). The van der Waals surface area contributed by atoms with Gasteiger partial charge in [0.05, 0.1) is 32.1 Å². The highest BCUT2D eigenvalue weighted by Crippen LogP contribution is 2.11. The lowest BCUT2D eigenvalue weighted by Gasteiger charge is -2.18. The van der Waals surface area contributed by atoms with Gasteiger partial charge >= 0.3 is 0 Å². The summed E-state index contributed by atoms with van der Waals surface area (Å²) in [7, 11) is 0. The van der Waals surface area contributed by atoms with Gasteiger partial charge in [-0.3, -0.25) is 9.58 Å². The second-order valence-electron chi connectivity index (χ2n) is 5.83. The van der Waals surface area contributed by atoms with Crippen molar-refractivity contribution in [2.24, 2.45) is 0 Å². The van der Waals surface area contributed by atoms with Gasteiger partial charge in [0.25, 0.3) is 0 Å². The lowest BCUT2D eigenvalue weighted by atomic mass is 10.2. The summed E-state index contributed by atoms with van der Waals surface area (Å²) in [5.41, 5.74) is 2.32. The number of aliphatic hydroxyl groups is 1. The van der Waals surface area contributed by atoms with E-state index in [4.69, 9.17) is 4.42 Å². The maximum absolute atomic E-state index is 9.28. The first-order valence-corrected chi connectivity index (χ1v) is 8.02. The van der Waals surface area contributed by atoms with E-state index in [9.17, 15) is 5.11 Å². The molecular weight excluding hydrogens is 304 g/mol. The van der Waals surface area contributed by atoms with E-state index in [2.05, 4.69) is 27.1 Å². The number of hydrogen-bond donors (Lipinski definition) is 1. The minimum Gasteiger partial charge on any atom is -0.445 e. The summed E-state index contributed by atoms with van der Waals surface area (Å²) in [5.74, 6) is 1.46. The second kappa shape index (κ2) is 7.90. The van der Waals surface area contributed by atoms with Crippen LogP contribution < -0.4 is 0 Å². The Kier molecular flexibility index (Phi) is 5.40. The van der Waals surface area contributed by atoms with Gasteiger partial charge in [0.15, 0.2) is 0 Å². The largest absolute Gasteiger partial charge is 0.445 e. The van der Waals surface area contributed by atoms with Crippen molar-refractivity contribution >= 4 is 0 Å². The van der Waals surface area contributed by atoms with Crippen LogP contribution in [0, 0.1) is 6.92 Å². The molecule has 0 aliphatic rings. The first-order valence-electron chi connectivity index (χ1n) is 8.02. The number of oxazole rings is 1. The molecule has 0 saturated heterocycles. The van der Waals surface area contributed by atoms with E-state index >= 15 is 0 Å². The standard InChI is InChI=1S/C18H22N4O2/c1-15-9-19-18(24-15)14-21(7-8-23)11-17-10-20-22(13-17)12-16-5-3-2-4-6-16/h2-6,9-10,13,23H,7-8,11-12,14H2,1H3. The van der Waals surface area contributed by atoms with Crippen molar-refractivity contribution in [1.29, 1.82) is 0 Å². The smallest absolute Gasteiger partial charge is 0.208 e. The normalized spacial score (nSPS) is 11.3. The lowest BCUT2D eigenvalue weighted by molar-refractivity contribution is 0.172. The molecule has 0 bridgehead atoms. The molecule has 0 unspecified atom stereocenters. The zero-order valence-corrected chi connectivity index (χ0v) is 13.8. The van der Waals surface area contributed by atoms with Gasteiger partial charge in [0, 0.05) is 24.8 Å². The van der Waals surface area contributed by atoms with Crippen molar-refractivity contribution < 1.29 is 9.52 Å². The van der Waals surface area contributed by atoms with Crippen LogP contribution >= 0.6 is 0 Å². The van der Waals surface area contributed by atoms with Gasteiger partial charge in [-0.1, -0.05) is 30.3 Å². The Bertz CT molecular complexity index is 751. The van der Waals surface area contributed by atoms with E-state index in [0.717, 1.165) is 17.9 Å². The molecule has 0 amide bonds. The SMILES string of the molecule is Cc1cnc(CN(CCO)Cc2cnn(Cc3ccccc3)c2)o1. The molecule has 0 spiro atoms. The third-order valence-corrected chi connectivity index (χ3v) is 3.72. The first-order chi connectivity index (χ1) is 11.7. The van der Waals surface area contributed by atoms with Crippen molar-refractivity contribution in [3.63, 3.8) is 0 Å². The monoisotopic (exact) mass is 326 g/mol. The van der Waals surface area contributed by atoms with Gasteiger partial charge in [-0.15, -0.1) is 0 Å². The Labute approximate surface area is 141 Å². The summed E-state index contributed by atoms with van der Waals surface area (Å²) in [6.45, 7) is 4.54. The highest BCUT2D eigenvalue weighted by atomic mass is 16.4. The van der Waals surface area contributed by atoms with Crippen molar-refractivity contribution in [3.05, 3.63) is 71.7 Å². The minimum atomic E-state index is 0.0951. The van der Waals surface area contributed by atoms with E-state index in [0.29, 0.717) is 25.5 Å². The van der Waals surface area contributed by atoms with E-state index in [1.807, 2.05) is 42.2 Å². The topological polar surface area (TPSA) is 67.3 Å². The Balaban J connectivity index is 1.62. The molecule has 0 radical (unpaired) electrons. The molecular formula is C18H22N4O2. The maximum Gasteiger partial charge on any atom is 0.208 e. The van der Waals surface area contributed by atoms with E-state index in [1.54, 1.807) is 6.20 Å². The van der Waals surface area contributed by atoms with E-state index in [-0.39, 0.29) is 6.61 Å². The Morgan fingerprint density at radius 3 is 2.67 bits per heavy atom. The fourth-order valence-corrected chi connectivity index (χ4v) is 2.62. The summed E-state index contributed by atoms with van der Waals surface area (Å²) >= 11 is 0. The van der Waals surface area contributed by atoms with Gasteiger partial charge in [-0.05, 0) is 12.5 Å². The van der Waals surface area contributed by atoms with Crippen LogP contribution in [0.15, 0.2) is 53.3 Å². The zero-order valence-electron chi connectivity index (χ0n) is 13.8. The van der Waals surface area contributed by atoms with Gasteiger partial charge in [-0.25, -0.2) is 4.98 Å². The summed E-state index contributed by atoms with van der Waals surface area (Å²) < 4.78 is 7.45. The highest BCUT2D eigenvalue weighted by molar-refractivity contribution is 5.15. The van der Waals surface area contributed by atoms with Crippen LogP contribution in [0.1, 0.15) is 22.8 Å². The maximum atomic E-state index is 9.28. The predicted octanol–water partition coefficient (Wildman–Crippen LogP) is 2.22. The number of hydrogen-bond acceptors (Lipinski definition) is 5. The van der Waals surface area contributed by atoms with Gasteiger partial charge in [-0.2, -0.15) is 5.10 Å². The van der Waals surface area contributed by atoms with Crippen LogP contribution in [0.25, 0.3) is 0 Å². The van der Waals surface area contributed by atoms with Crippen molar-refractivity contribution in [2.75, 3.05) is 13.2 Å². The fourth-order valence-electron chi connectivity index (χ4n) is 2.62. The third-order valence-electron chi connectivity index (χ3n) is 3.72. The van der Waals surface area contributed by atoms with Crippen molar-refractivity contribution in [2.45, 2.75) is 26.6 Å². The summed E-state index contributed by atoms with van der Waals surface area (Å²) in [6, 6.07) is 10.2. The Morgan fingerprint density at radius 2 is 1.96 bits per heavy atom. The molecule has 6 nitrogen and oxygen atoms in total. The molecule has 1 aromatic carbocycles. The van der Waals surface area contributed by atoms with Crippen LogP contribution in [-0.2, 0) is 19.6 Å². The number of aliphatic hydroxyl groups excluding tert-OH is 1. The summed E-state index contributed by atoms with van der Waals surface area (Å²) in [6.07, 6.45) is 5.62. The average molecular weight is 326 g/mol. The Morgan fingerprint density at radius 1 is 1.12 bits per heavy atom. The second-order valence-corrected chi connectivity index (χ2v) is 5.83. The molecule has 0 fully saturated rings. The van der Waals surface area contributed by atoms with Crippen LogP contribution in [0.5, 0.6) is 0 Å². The van der Waals surface area contributed by atoms with Gasteiger partial charge in [0.1, 0.15) is 5.76 Å². The van der Waals surface area contributed by atoms with Crippen LogP contribution in [0.2, 0.25) is 0 Å². The summed E-state index contributed by atoms with van der Waals surface area (Å²) in [5, 5.41) is 13.7. The highest BCUT2D eigenvalue weighted by Gasteiger charge is 2.11. The first kappa shape index (κ1) is 16.4. The molecule has 0 aliphatic heterocycles. The van der Waals surface area contributed by atoms with Crippen LogP contribution in [0.4, 0.5) is 0 Å². The average Bonchev–Trinajstić information content (AvgIpc) is 3.18. The van der Waals surface area contributed by atoms with Crippen LogP contribution in [0.3, 0.4) is 0 Å². The quantitative estimate of drug-likeness (QED) is 0.687. The van der Waals surface area contributed by atoms with Gasteiger partial charge < -0.3 is 9.52 Å². The molecule has 3 aromatic rings. The fraction of sp³-hybridized carbons (Fsp3) is 0.333. The van der Waals surface area contributed by atoms with E-state index < -0.39 is 0 Å². The lowest BCUT2D eigenvalue weighted by Crippen LogP contribution is -2.26. The van der Waals surface area contributed by atoms with E-state index in [1.165, 1.54) is 5.56 Å². The molecule has 2 heterocycles. The zero-order chi connectivity index (χ0) is 16.8. The predicted molar refractivity (Wildman–Crippen MR) is 90.2 cm³/mol. The van der Waals surface area contributed by atoms with Crippen LogP contribution in [-0.4, -0.2) is 37.9 Å². The molecule has 6 heteroatoms. The summed E-state index contributed by atoms with van der Waals surface area (Å²) in [4.78, 5) is 6.32. The number of aromatic nitrogens is 3. The number of nitrogens with zero attached hydrogens (tertiary/aromatic N) is 4. The molecule has 0 aliphatic carbocycles. The number of aryl methyl sites for hydroxylation is 1. The molecule has 0 saturated carbocycles. The minimum absolute atomic E-state index is 0.0951. The number of rotatable bonds is 8. The van der Waals surface area contributed by atoms with Crippen molar-refractivity contribution in [3.8, 4) is 0 Å².